The van der Waals surface area contributed by atoms with E-state index in [0.29, 0.717) is 12.4 Å². The number of aromatic nitrogens is 3. The molecule has 0 aromatic carbocycles. The summed E-state index contributed by atoms with van der Waals surface area (Å²) in [5.41, 5.74) is 7.03. The van der Waals surface area contributed by atoms with Gasteiger partial charge in [0.25, 0.3) is 5.91 Å². The minimum absolute atomic E-state index is 0.137. The SMILES string of the molecule is Cc1noc(C)c1CNc1ccc(C(N)=O)nn1. The van der Waals surface area contributed by atoms with Gasteiger partial charge in [0.1, 0.15) is 11.6 Å². The maximum atomic E-state index is 10.8. The maximum absolute atomic E-state index is 10.8. The van der Waals surface area contributed by atoms with E-state index in [1.165, 1.54) is 6.07 Å². The quantitative estimate of drug-likeness (QED) is 0.827. The fourth-order valence-corrected chi connectivity index (χ4v) is 1.49. The largest absolute Gasteiger partial charge is 0.364 e. The molecule has 7 nitrogen and oxygen atoms in total. The molecule has 0 spiro atoms. The van der Waals surface area contributed by atoms with Crippen molar-refractivity contribution in [2.24, 2.45) is 5.73 Å². The molecule has 18 heavy (non-hydrogen) atoms. The van der Waals surface area contributed by atoms with Crippen molar-refractivity contribution in [2.45, 2.75) is 20.4 Å². The summed E-state index contributed by atoms with van der Waals surface area (Å²) < 4.78 is 5.05. The molecule has 0 atom stereocenters. The standard InChI is InChI=1S/C11H13N5O2/c1-6-8(7(2)18-16-6)5-13-10-4-3-9(11(12)17)14-15-10/h3-4H,5H2,1-2H3,(H2,12,17)(H,13,15). The van der Waals surface area contributed by atoms with Gasteiger partial charge in [0.15, 0.2) is 5.69 Å². The minimum atomic E-state index is -0.597. The number of hydrogen-bond donors (Lipinski definition) is 2. The number of aryl methyl sites for hydroxylation is 2. The van der Waals surface area contributed by atoms with Crippen LogP contribution in [0.3, 0.4) is 0 Å². The van der Waals surface area contributed by atoms with Crippen molar-refractivity contribution >= 4 is 11.7 Å². The van der Waals surface area contributed by atoms with Crippen molar-refractivity contribution in [3.63, 3.8) is 0 Å². The van der Waals surface area contributed by atoms with Gasteiger partial charge in [0, 0.05) is 12.1 Å². The number of rotatable bonds is 4. The number of anilines is 1. The summed E-state index contributed by atoms with van der Waals surface area (Å²) in [5, 5.41) is 14.5. The number of carbonyl (C=O) groups excluding carboxylic acids is 1. The first-order chi connectivity index (χ1) is 8.58. The molecule has 0 saturated heterocycles. The summed E-state index contributed by atoms with van der Waals surface area (Å²) in [6, 6.07) is 3.16. The Morgan fingerprint density at radius 3 is 2.67 bits per heavy atom. The first-order valence-electron chi connectivity index (χ1n) is 5.37. The molecule has 1 amide bonds. The van der Waals surface area contributed by atoms with Crippen LogP contribution in [0.15, 0.2) is 16.7 Å². The van der Waals surface area contributed by atoms with Gasteiger partial charge >= 0.3 is 0 Å². The Hall–Kier alpha value is -2.44. The molecule has 7 heteroatoms. The fourth-order valence-electron chi connectivity index (χ4n) is 1.49. The third-order valence-electron chi connectivity index (χ3n) is 2.54. The van der Waals surface area contributed by atoms with E-state index >= 15 is 0 Å². The summed E-state index contributed by atoms with van der Waals surface area (Å²) in [5.74, 6) is 0.724. The Morgan fingerprint density at radius 1 is 1.39 bits per heavy atom. The molecule has 2 heterocycles. The monoisotopic (exact) mass is 247 g/mol. The van der Waals surface area contributed by atoms with E-state index in [1.54, 1.807) is 6.07 Å². The molecule has 0 aliphatic rings. The highest BCUT2D eigenvalue weighted by molar-refractivity contribution is 5.90. The van der Waals surface area contributed by atoms with Crippen LogP contribution in [-0.2, 0) is 6.54 Å². The molecule has 0 bridgehead atoms. The Kier molecular flexibility index (Phi) is 3.22. The highest BCUT2D eigenvalue weighted by atomic mass is 16.5. The van der Waals surface area contributed by atoms with Crippen molar-refractivity contribution in [1.82, 2.24) is 15.4 Å². The van der Waals surface area contributed by atoms with Crippen LogP contribution in [0.25, 0.3) is 0 Å². The van der Waals surface area contributed by atoms with Crippen molar-refractivity contribution in [2.75, 3.05) is 5.32 Å². The Bertz CT molecular complexity index is 542. The summed E-state index contributed by atoms with van der Waals surface area (Å²) in [4.78, 5) is 10.8. The molecule has 2 aromatic heterocycles. The van der Waals surface area contributed by atoms with Gasteiger partial charge in [0.05, 0.1) is 5.69 Å². The zero-order valence-corrected chi connectivity index (χ0v) is 10.1. The lowest BCUT2D eigenvalue weighted by Crippen LogP contribution is -2.14. The topological polar surface area (TPSA) is 107 Å². The van der Waals surface area contributed by atoms with Crippen molar-refractivity contribution < 1.29 is 9.32 Å². The number of amides is 1. The second-order valence-electron chi connectivity index (χ2n) is 3.82. The lowest BCUT2D eigenvalue weighted by Gasteiger charge is -2.04. The highest BCUT2D eigenvalue weighted by Crippen LogP contribution is 2.13. The summed E-state index contributed by atoms with van der Waals surface area (Å²) in [6.07, 6.45) is 0. The normalized spacial score (nSPS) is 10.3. The minimum Gasteiger partial charge on any atom is -0.364 e. The second-order valence-corrected chi connectivity index (χ2v) is 3.82. The van der Waals surface area contributed by atoms with E-state index < -0.39 is 5.91 Å². The fraction of sp³-hybridized carbons (Fsp3) is 0.273. The molecule has 2 aromatic rings. The molecule has 3 N–H and O–H groups in total. The lowest BCUT2D eigenvalue weighted by atomic mass is 10.2. The molecular weight excluding hydrogens is 234 g/mol. The third kappa shape index (κ3) is 2.45. The van der Waals surface area contributed by atoms with Crippen LogP contribution in [0.4, 0.5) is 5.82 Å². The van der Waals surface area contributed by atoms with Gasteiger partial charge in [-0.25, -0.2) is 0 Å². The summed E-state index contributed by atoms with van der Waals surface area (Å²) in [6.45, 7) is 4.25. The zero-order chi connectivity index (χ0) is 13.1. The van der Waals surface area contributed by atoms with Gasteiger partial charge in [-0.2, -0.15) is 0 Å². The molecule has 94 valence electrons. The molecule has 0 fully saturated rings. The van der Waals surface area contributed by atoms with Crippen LogP contribution in [0.5, 0.6) is 0 Å². The Balaban J connectivity index is 2.04. The first kappa shape index (κ1) is 12.0. The van der Waals surface area contributed by atoms with Gasteiger partial charge in [0.2, 0.25) is 0 Å². The molecule has 0 aliphatic heterocycles. The average Bonchev–Trinajstić information content (AvgIpc) is 2.67. The molecule has 0 saturated carbocycles. The predicted molar refractivity (Wildman–Crippen MR) is 63.9 cm³/mol. The Labute approximate surface area is 103 Å². The summed E-state index contributed by atoms with van der Waals surface area (Å²) >= 11 is 0. The van der Waals surface area contributed by atoms with E-state index in [1.807, 2.05) is 13.8 Å². The average molecular weight is 247 g/mol. The van der Waals surface area contributed by atoms with Crippen molar-refractivity contribution in [3.8, 4) is 0 Å². The number of carbonyl (C=O) groups is 1. The van der Waals surface area contributed by atoms with Gasteiger partial charge in [-0.05, 0) is 26.0 Å². The number of nitrogens with zero attached hydrogens (tertiary/aromatic N) is 3. The van der Waals surface area contributed by atoms with E-state index in [-0.39, 0.29) is 5.69 Å². The van der Waals surface area contributed by atoms with Crippen LogP contribution in [0, 0.1) is 13.8 Å². The van der Waals surface area contributed by atoms with Gasteiger partial charge < -0.3 is 15.6 Å². The molecular formula is C11H13N5O2. The van der Waals surface area contributed by atoms with Crippen LogP contribution in [0.1, 0.15) is 27.5 Å². The third-order valence-corrected chi connectivity index (χ3v) is 2.54. The van der Waals surface area contributed by atoms with Gasteiger partial charge in [-0.3, -0.25) is 4.79 Å². The van der Waals surface area contributed by atoms with Crippen LogP contribution >= 0.6 is 0 Å². The van der Waals surface area contributed by atoms with Crippen molar-refractivity contribution in [1.29, 1.82) is 0 Å². The van der Waals surface area contributed by atoms with Crippen molar-refractivity contribution in [3.05, 3.63) is 34.8 Å². The maximum Gasteiger partial charge on any atom is 0.269 e. The first-order valence-corrected chi connectivity index (χ1v) is 5.37. The lowest BCUT2D eigenvalue weighted by molar-refractivity contribution is 0.0994. The molecule has 0 aliphatic carbocycles. The van der Waals surface area contributed by atoms with Crippen LogP contribution < -0.4 is 11.1 Å². The van der Waals surface area contributed by atoms with Gasteiger partial charge in [-0.15, -0.1) is 10.2 Å². The number of primary amides is 1. The zero-order valence-electron chi connectivity index (χ0n) is 10.1. The second kappa shape index (κ2) is 4.82. The highest BCUT2D eigenvalue weighted by Gasteiger charge is 2.09. The van der Waals surface area contributed by atoms with Crippen LogP contribution in [0.2, 0.25) is 0 Å². The molecule has 0 unspecified atom stereocenters. The van der Waals surface area contributed by atoms with Gasteiger partial charge in [-0.1, -0.05) is 5.16 Å². The number of nitrogens with two attached hydrogens (primary N) is 1. The smallest absolute Gasteiger partial charge is 0.269 e. The Morgan fingerprint density at radius 2 is 2.17 bits per heavy atom. The number of nitrogens with one attached hydrogen (secondary N) is 1. The van der Waals surface area contributed by atoms with Crippen LogP contribution in [-0.4, -0.2) is 21.3 Å². The summed E-state index contributed by atoms with van der Waals surface area (Å²) in [7, 11) is 0. The van der Waals surface area contributed by atoms with E-state index in [2.05, 4.69) is 20.7 Å². The van der Waals surface area contributed by atoms with E-state index in [0.717, 1.165) is 17.0 Å². The van der Waals surface area contributed by atoms with E-state index in [4.69, 9.17) is 10.3 Å². The molecule has 2 rings (SSSR count). The van der Waals surface area contributed by atoms with E-state index in [9.17, 15) is 4.79 Å². The molecule has 0 radical (unpaired) electrons. The predicted octanol–water partition coefficient (Wildman–Crippen LogP) is 0.792. The number of hydrogen-bond acceptors (Lipinski definition) is 6.